The van der Waals surface area contributed by atoms with Crippen LogP contribution in [0.3, 0.4) is 0 Å². The lowest BCUT2D eigenvalue weighted by atomic mass is 9.43. The van der Waals surface area contributed by atoms with Crippen LogP contribution in [0.2, 0.25) is 0 Å². The zero-order valence-electron chi connectivity index (χ0n) is 29.9. The summed E-state index contributed by atoms with van der Waals surface area (Å²) in [4.78, 5) is 56.9. The molecule has 5 rings (SSSR count). The Kier molecular flexibility index (Phi) is 11.6. The van der Waals surface area contributed by atoms with E-state index in [4.69, 9.17) is 19.8 Å². The number of likely N-dealkylation sites (tertiary alicyclic amines) is 1. The van der Waals surface area contributed by atoms with E-state index in [2.05, 4.69) is 50.2 Å². The lowest BCUT2D eigenvalue weighted by Crippen LogP contribution is -2.65. The van der Waals surface area contributed by atoms with Crippen LogP contribution in [-0.4, -0.2) is 89.3 Å². The molecule has 15 nitrogen and oxygen atoms in total. The van der Waals surface area contributed by atoms with Crippen LogP contribution in [0.4, 0.5) is 4.79 Å². The molecule has 0 aromatic heterocycles. The Hall–Kier alpha value is -3.14. The van der Waals surface area contributed by atoms with E-state index in [0.717, 1.165) is 25.7 Å². The predicted molar refractivity (Wildman–Crippen MR) is 180 cm³/mol. The van der Waals surface area contributed by atoms with E-state index in [0.29, 0.717) is 37.6 Å². The molecule has 2 heterocycles. The summed E-state index contributed by atoms with van der Waals surface area (Å²) in [6.07, 6.45) is 4.38. The zero-order valence-corrected chi connectivity index (χ0v) is 29.9. The average molecular weight is 678 g/mol. The van der Waals surface area contributed by atoms with Gasteiger partial charge in [0.15, 0.2) is 5.03 Å². The van der Waals surface area contributed by atoms with Crippen molar-refractivity contribution in [3.05, 3.63) is 10.1 Å². The SMILES string of the molecule is CC(C)C[C@H](NC(=O)[C@H](CCCN=C(N)N[N+](=O)[O-])NC(=O)[C@H]1CCCCN1C(=O)OC(C)(C)C)B1O[C@@H]2C[C@H]3C[C@H](C3(C)C)[C@]2(C)O1. The maximum Gasteiger partial charge on any atom is 0.481 e. The number of rotatable bonds is 12. The van der Waals surface area contributed by atoms with Crippen LogP contribution in [0.15, 0.2) is 4.99 Å². The summed E-state index contributed by atoms with van der Waals surface area (Å²) in [6, 6.07) is -1.78. The highest BCUT2D eigenvalue weighted by Gasteiger charge is 2.68. The summed E-state index contributed by atoms with van der Waals surface area (Å²) in [5, 5.41) is 15.9. The maximum absolute atomic E-state index is 14.1. The predicted octanol–water partition coefficient (Wildman–Crippen LogP) is 2.94. The number of hydrazine groups is 1. The number of carbonyl (C=O) groups excluding carboxylic acids is 3. The molecule has 3 aliphatic carbocycles. The fraction of sp³-hybridized carbons (Fsp3) is 0.875. The lowest BCUT2D eigenvalue weighted by Gasteiger charge is -2.64. The van der Waals surface area contributed by atoms with E-state index < -0.39 is 59.3 Å². The molecule has 0 unspecified atom stereocenters. The fourth-order valence-corrected chi connectivity index (χ4v) is 8.00. The average Bonchev–Trinajstić information content (AvgIpc) is 3.34. The lowest BCUT2D eigenvalue weighted by molar-refractivity contribution is -0.525. The minimum Gasteiger partial charge on any atom is -0.444 e. The first-order valence-corrected chi connectivity index (χ1v) is 17.5. The van der Waals surface area contributed by atoms with Gasteiger partial charge in [0, 0.05) is 13.1 Å². The number of amides is 3. The number of aliphatic imine (C=N–C) groups is 1. The molecule has 0 radical (unpaired) electrons. The number of nitro groups is 1. The summed E-state index contributed by atoms with van der Waals surface area (Å²) in [5.41, 5.74) is 6.35. The Morgan fingerprint density at radius 1 is 1.17 bits per heavy atom. The van der Waals surface area contributed by atoms with Gasteiger partial charge in [0.05, 0.1) is 17.6 Å². The number of guanidine groups is 1. The zero-order chi connectivity index (χ0) is 35.6. The topological polar surface area (TPSA) is 200 Å². The van der Waals surface area contributed by atoms with Crippen molar-refractivity contribution in [2.24, 2.45) is 33.9 Å². The van der Waals surface area contributed by atoms with Crippen molar-refractivity contribution in [2.75, 3.05) is 13.1 Å². The van der Waals surface area contributed by atoms with Gasteiger partial charge in [0.2, 0.25) is 11.8 Å². The normalized spacial score (nSPS) is 29.3. The standard InChI is InChI=1S/C32H56BN7O8/c1-19(2)16-25(33-47-24-18-20-17-23(31(20,6)7)32(24,8)48-33)37-26(41)21(12-11-14-35-28(34)38-40(44)45)36-27(42)22-13-9-10-15-39(22)29(43)46-30(3,4)5/h19-25H,9-18H2,1-8H3,(H,36,42)(H,37,41)(H3,34,35,38)/t20-,21+,22-,23-,24-,25+,32+/m1/s1. The van der Waals surface area contributed by atoms with Crippen molar-refractivity contribution in [2.45, 2.75) is 142 Å². The molecule has 0 spiro atoms. The Labute approximate surface area is 284 Å². The third kappa shape index (κ3) is 8.71. The third-order valence-electron chi connectivity index (χ3n) is 10.6. The van der Waals surface area contributed by atoms with Crippen LogP contribution in [0.1, 0.15) is 107 Å². The molecule has 48 heavy (non-hydrogen) atoms. The minimum atomic E-state index is -0.986. The molecule has 2 bridgehead atoms. The monoisotopic (exact) mass is 677 g/mol. The highest BCUT2D eigenvalue weighted by atomic mass is 16.7. The molecule has 5 aliphatic rings. The van der Waals surface area contributed by atoms with Gasteiger partial charge in [-0.3, -0.25) is 14.5 Å². The van der Waals surface area contributed by atoms with E-state index in [1.807, 2.05) is 0 Å². The van der Waals surface area contributed by atoms with Gasteiger partial charge in [-0.1, -0.05) is 33.1 Å². The number of nitrogens with two attached hydrogens (primary N) is 1. The van der Waals surface area contributed by atoms with E-state index in [-0.39, 0.29) is 36.4 Å². The van der Waals surface area contributed by atoms with Crippen molar-refractivity contribution in [3.8, 4) is 0 Å². The Bertz CT molecular complexity index is 1240. The van der Waals surface area contributed by atoms with Crippen LogP contribution in [0, 0.1) is 33.3 Å². The summed E-state index contributed by atoms with van der Waals surface area (Å²) in [7, 11) is -0.642. The molecule has 7 atom stereocenters. The Morgan fingerprint density at radius 2 is 1.88 bits per heavy atom. The number of hydrogen-bond donors (Lipinski definition) is 4. The van der Waals surface area contributed by atoms with Gasteiger partial charge >= 0.3 is 13.2 Å². The van der Waals surface area contributed by atoms with Gasteiger partial charge in [0.25, 0.3) is 5.96 Å². The van der Waals surface area contributed by atoms with E-state index >= 15 is 0 Å². The van der Waals surface area contributed by atoms with Crippen LogP contribution in [-0.2, 0) is 23.6 Å². The summed E-state index contributed by atoms with van der Waals surface area (Å²) < 4.78 is 18.8. The number of nitrogens with zero attached hydrogens (tertiary/aromatic N) is 3. The van der Waals surface area contributed by atoms with Gasteiger partial charge in [-0.2, -0.15) is 0 Å². The first-order valence-electron chi connectivity index (χ1n) is 17.5. The second-order valence-corrected chi connectivity index (χ2v) is 16.1. The number of hydrogen-bond acceptors (Lipinski definition) is 9. The molecule has 3 amide bonds. The van der Waals surface area contributed by atoms with Crippen molar-refractivity contribution in [1.82, 2.24) is 21.0 Å². The van der Waals surface area contributed by atoms with Crippen LogP contribution in [0.25, 0.3) is 0 Å². The molecule has 2 aliphatic heterocycles. The van der Waals surface area contributed by atoms with Gasteiger partial charge in [-0.25, -0.2) is 19.9 Å². The van der Waals surface area contributed by atoms with Crippen LogP contribution in [0.5, 0.6) is 0 Å². The van der Waals surface area contributed by atoms with Crippen LogP contribution < -0.4 is 21.8 Å². The number of carbonyl (C=O) groups is 3. The second-order valence-electron chi connectivity index (χ2n) is 16.1. The van der Waals surface area contributed by atoms with Crippen molar-refractivity contribution in [3.63, 3.8) is 0 Å². The molecule has 0 aromatic rings. The second kappa shape index (κ2) is 14.8. The smallest absolute Gasteiger partial charge is 0.444 e. The molecular formula is C32H56BN7O8. The van der Waals surface area contributed by atoms with E-state index in [1.165, 1.54) is 4.90 Å². The fourth-order valence-electron chi connectivity index (χ4n) is 8.00. The quantitative estimate of drug-likeness (QED) is 0.0595. The van der Waals surface area contributed by atoms with E-state index in [9.17, 15) is 24.5 Å². The molecule has 5 fully saturated rings. The van der Waals surface area contributed by atoms with Gasteiger partial charge in [-0.15, -0.1) is 0 Å². The minimum absolute atomic E-state index is 0.0532. The highest BCUT2D eigenvalue weighted by molar-refractivity contribution is 6.48. The first-order chi connectivity index (χ1) is 22.3. The maximum atomic E-state index is 14.1. The molecular weight excluding hydrogens is 621 g/mol. The largest absolute Gasteiger partial charge is 0.481 e. The van der Waals surface area contributed by atoms with Gasteiger partial charge in [0.1, 0.15) is 17.7 Å². The van der Waals surface area contributed by atoms with Gasteiger partial charge < -0.3 is 30.4 Å². The number of ether oxygens (including phenoxy) is 1. The Balaban J connectivity index is 1.50. The molecule has 0 aromatic carbocycles. The first kappa shape index (κ1) is 37.7. The molecule has 5 N–H and O–H groups in total. The summed E-state index contributed by atoms with van der Waals surface area (Å²) >= 11 is 0. The van der Waals surface area contributed by atoms with E-state index in [1.54, 1.807) is 26.2 Å². The summed E-state index contributed by atoms with van der Waals surface area (Å²) in [5.74, 6) is -0.527. The van der Waals surface area contributed by atoms with Crippen molar-refractivity contribution < 1.29 is 33.5 Å². The molecule has 270 valence electrons. The van der Waals surface area contributed by atoms with Crippen molar-refractivity contribution in [1.29, 1.82) is 0 Å². The molecule has 16 heteroatoms. The highest BCUT2D eigenvalue weighted by Crippen LogP contribution is 2.65. The third-order valence-corrected chi connectivity index (χ3v) is 10.6. The van der Waals surface area contributed by atoms with Gasteiger partial charge in [-0.05, 0) is 102 Å². The molecule has 2 saturated heterocycles. The number of nitrogens with one attached hydrogen (secondary N) is 3. The summed E-state index contributed by atoms with van der Waals surface area (Å²) in [6.45, 7) is 16.6. The number of piperidine rings is 1. The molecule has 3 saturated carbocycles. The van der Waals surface area contributed by atoms with Crippen LogP contribution >= 0.6 is 0 Å². The van der Waals surface area contributed by atoms with Crippen molar-refractivity contribution >= 4 is 31.0 Å². The Morgan fingerprint density at radius 3 is 2.50 bits per heavy atom.